The molecule has 14 N–H and O–H groups in total. The number of aliphatic imine (C=N–C) groups is 4. The number of nitrogens with one attached hydrogen (secondary N) is 3. The molecular weight excluding hydrogens is 2250 g/mol. The first-order valence-electron chi connectivity index (χ1n) is 45.4. The van der Waals surface area contributed by atoms with Gasteiger partial charge in [-0.05, 0) is 246 Å². The molecule has 0 saturated carbocycles. The van der Waals surface area contributed by atoms with Crippen molar-refractivity contribution in [1.82, 2.24) is 35.9 Å². The monoisotopic (exact) mass is 2350 g/mol. The number of urea groups is 1. The number of hydrogen-bond donors (Lipinski definition) is 9. The number of Topliss-reactive ketones (excluding diaryl/α,β-unsaturated/α-hetero) is 1. The number of methoxy groups -OCH3 is 1. The van der Waals surface area contributed by atoms with Crippen LogP contribution in [0.4, 0.5) is 4.79 Å². The van der Waals surface area contributed by atoms with Gasteiger partial charge in [-0.15, -0.1) is 0 Å². The standard InChI is InChI=1S/C19H17BrN2O2.C16H16N4O.C12H11BrN2O2.C12H13BrN2O.C12H14BrNO2.C11H14BrNO.C10H9BrO.C8H5NOS.C4H4BN2O2.B.Li.Na.H2O.H/c20-16-8-4-7-13-9-10-19(11-15(13)16)12-24-18(22-19)21-17(23)14-5-2-1-3-6-14;17-15-20-16(9-21-15)5-4-11-2-1-3-13(14(11)6-16)12-7-18-10-19-8-12;13-9-3-1-2-7-4-5-12(6-8(7)9)10(16)14-11(17)15-12;13-10-3-1-2-8-4-5-12(6-9(8)10)7-16-11(14)15-12;1-16-11(15)12(14)6-5-8-3-2-4-10(13)9(8)7-12;12-10-3-1-2-8-4-5-11(13,7-14)6-9(8)10;11-10-3-1-2-7-4-5-8(12)6-9(7)10;10-8(9-6-11)7-4-2-1-3-5-7;8-5-9-4-1-6-3-7-2-4;;;;;/h1-8H,9-12H2,(H,21,22,23);1-3,7-8,10H,4-6,9H2,(H2,17,20);1-3H,4-6H2,(H2,14,15,16,17);1-3H,4-7H2,(H2,14,15);2-4H,5-7,14H2,1H3;1-3,14H,4-7,13H2;1-3H,4-6H2;1-5H;1-3,8H;;;;1H2;/q;;;;;;;;;;2*+1;;-1/p-1. The average Bonchev–Trinajstić information content (AvgIpc) is 1.70. The van der Waals surface area contributed by atoms with E-state index in [0.717, 1.165) is 135 Å². The number of rotatable bonds is 7. The smallest absolute Gasteiger partial charge is 1.00 e. The number of fused-ring (bicyclic) bond motifs is 7. The molecule has 9 aromatic carbocycles. The van der Waals surface area contributed by atoms with E-state index in [1.54, 1.807) is 42.7 Å². The minimum Gasteiger partial charge on any atom is -1.00 e. The number of amidine groups is 3. The first kappa shape index (κ1) is 116. The van der Waals surface area contributed by atoms with E-state index < -0.39 is 16.6 Å². The molecule has 0 bridgehead atoms. The topological polar surface area (TPSA) is 460 Å². The van der Waals surface area contributed by atoms with Crippen molar-refractivity contribution in [2.24, 2.45) is 42.9 Å². The molecule has 6 atom stereocenters. The zero-order valence-electron chi connectivity index (χ0n) is 80.6. The molecule has 40 heteroatoms. The van der Waals surface area contributed by atoms with E-state index in [9.17, 15) is 33.9 Å². The summed E-state index contributed by atoms with van der Waals surface area (Å²) in [6.07, 6.45) is 26.9. The Hall–Kier alpha value is -9.62. The summed E-state index contributed by atoms with van der Waals surface area (Å²) in [6.45, 7) is 1.78. The summed E-state index contributed by atoms with van der Waals surface area (Å²) in [6, 6.07) is 62.0. The van der Waals surface area contributed by atoms with E-state index >= 15 is 0 Å². The number of ketones is 1. The molecule has 6 unspecified atom stereocenters. The van der Waals surface area contributed by atoms with Gasteiger partial charge >= 0.3 is 68.1 Å². The number of isothiocyanates is 1. The minimum atomic E-state index is -0.869. The molecule has 2 aromatic heterocycles. The summed E-state index contributed by atoms with van der Waals surface area (Å²) in [7, 11) is 1.96. The fourth-order valence-electron chi connectivity index (χ4n) is 18.6. The van der Waals surface area contributed by atoms with Gasteiger partial charge in [-0.3, -0.25) is 34.6 Å². The van der Waals surface area contributed by atoms with Crippen LogP contribution in [-0.4, -0.2) is 177 Å². The van der Waals surface area contributed by atoms with Crippen molar-refractivity contribution >= 4 is 183 Å². The number of halogens is 6. The molecule has 29 nitrogen and oxygen atoms in total. The van der Waals surface area contributed by atoms with Gasteiger partial charge in [0.15, 0.2) is 0 Å². The van der Waals surface area contributed by atoms with Gasteiger partial charge in [0.25, 0.3) is 35.8 Å². The number of aliphatic hydroxyl groups is 1. The number of thiocarbonyl (C=S) groups is 1. The van der Waals surface area contributed by atoms with Gasteiger partial charge in [0, 0.05) is 115 Å². The molecule has 11 aliphatic rings. The van der Waals surface area contributed by atoms with Crippen molar-refractivity contribution in [3.63, 3.8) is 0 Å². The van der Waals surface area contributed by atoms with Crippen LogP contribution in [0.3, 0.4) is 0 Å². The Balaban J connectivity index is 0.000000183. The van der Waals surface area contributed by atoms with Gasteiger partial charge in [0.05, 0.1) is 31.3 Å². The van der Waals surface area contributed by atoms with E-state index in [2.05, 4.69) is 242 Å². The van der Waals surface area contributed by atoms with Crippen LogP contribution in [0.1, 0.15) is 145 Å². The third kappa shape index (κ3) is 29.9. The molecule has 6 heterocycles. The fourth-order valence-corrected chi connectivity index (χ4v) is 22.0. The number of amides is 5. The Morgan fingerprint density at radius 1 is 0.514 bits per heavy atom. The second-order valence-corrected chi connectivity index (χ2v) is 40.9. The Morgan fingerprint density at radius 3 is 1.38 bits per heavy atom. The molecule has 4 aliphatic heterocycles. The molecule has 144 heavy (non-hydrogen) atoms. The SMILES string of the molecule is COC(=O)C1(N)CCc2cccc(Br)c2C1.NC1(CO)CCc2cccc(Br)c2C1.NC1=NC2(CCc3cccc(-c4cncnc4)c3C2)CO1.NC1=NC2(CCc3cccc(Br)c3C2)CO1.O=C(N=C=S)c1ccccc1.O=C(NC1=NC2(CCc3cccc(Br)c3C2)CO1)c1ccccc1.O=C1CCc2cccc(Br)c2C1.O=C1NC(=O)C2(CCc3cccc(Br)c3C2)N1.O[B]Oc1cncnc1.[B].[H-].[Li+].[Na+].[OH-]. The molecule has 7 aliphatic carbocycles. The van der Waals surface area contributed by atoms with Crippen molar-refractivity contribution in [3.8, 4) is 16.9 Å². The average molecular weight is 2350 g/mol. The Morgan fingerprint density at radius 2 is 0.924 bits per heavy atom. The van der Waals surface area contributed by atoms with Crippen LogP contribution >= 0.6 is 108 Å². The number of carbonyl (C=O) groups excluding carboxylic acids is 6. The fraction of sp³-hybridized carbons (Fsp3) is 0.308. The largest absolute Gasteiger partial charge is 1.00 e. The summed E-state index contributed by atoms with van der Waals surface area (Å²) in [5, 5.41) is 27.2. The molecular formula is C104H105B2Br6LiN15NaO14S. The predicted octanol–water partition coefficient (Wildman–Crippen LogP) is 9.56. The molecule has 1 fully saturated rings. The van der Waals surface area contributed by atoms with Crippen LogP contribution in [0.15, 0.2) is 272 Å². The van der Waals surface area contributed by atoms with Gasteiger partial charge in [0.1, 0.15) is 71.7 Å². The first-order valence-corrected chi connectivity index (χ1v) is 50.6. The Kier molecular flexibility index (Phi) is 43.5. The third-order valence-corrected chi connectivity index (χ3v) is 30.7. The van der Waals surface area contributed by atoms with E-state index in [4.69, 9.17) is 51.9 Å². The number of ether oxygens (including phenoxy) is 4. The maximum Gasteiger partial charge on any atom is 1.00 e. The van der Waals surface area contributed by atoms with Crippen LogP contribution in [0, 0.1) is 0 Å². The summed E-state index contributed by atoms with van der Waals surface area (Å²) >= 11 is 25.5. The van der Waals surface area contributed by atoms with Crippen molar-refractivity contribution in [2.75, 3.05) is 33.5 Å². The second-order valence-electron chi connectivity index (χ2n) is 35.6. The Bertz CT molecular complexity index is 6560. The van der Waals surface area contributed by atoms with Crippen LogP contribution in [0.25, 0.3) is 11.1 Å². The number of aliphatic hydroxyl groups excluding tert-OH is 1. The summed E-state index contributed by atoms with van der Waals surface area (Å²) in [5.74, 6) is -0.295. The van der Waals surface area contributed by atoms with Crippen LogP contribution in [-0.2, 0) is 123 Å². The number of aryl methyl sites for hydroxylation is 7. The molecule has 22 rings (SSSR count). The van der Waals surface area contributed by atoms with Crippen LogP contribution < -0.4 is 92.0 Å². The molecule has 1 saturated heterocycles. The maximum atomic E-state index is 12.2. The van der Waals surface area contributed by atoms with Crippen molar-refractivity contribution in [3.05, 3.63) is 341 Å². The van der Waals surface area contributed by atoms with E-state index in [1.165, 1.54) is 103 Å². The number of aromatic nitrogens is 4. The number of carbonyl (C=O) groups is 6. The van der Waals surface area contributed by atoms with Crippen LogP contribution in [0.5, 0.6) is 5.75 Å². The van der Waals surface area contributed by atoms with E-state index in [0.29, 0.717) is 107 Å². The van der Waals surface area contributed by atoms with Gasteiger partial charge in [-0.25, -0.2) is 39.7 Å². The molecule has 11 aromatic rings. The van der Waals surface area contributed by atoms with Gasteiger partial charge in [0.2, 0.25) is 0 Å². The normalized spacial score (nSPS) is 20.9. The number of esters is 1. The quantitative estimate of drug-likeness (QED) is 0.0235. The second kappa shape index (κ2) is 53.8. The van der Waals surface area contributed by atoms with Gasteiger partial charge in [-0.2, -0.15) is 4.99 Å². The molecule has 736 valence electrons. The zero-order chi connectivity index (χ0) is 99.2. The van der Waals surface area contributed by atoms with Crippen molar-refractivity contribution in [1.29, 1.82) is 0 Å². The summed E-state index contributed by atoms with van der Waals surface area (Å²) in [4.78, 5) is 102. The number of hydrogen-bond acceptors (Lipinski definition) is 26. The van der Waals surface area contributed by atoms with E-state index in [1.807, 2.05) is 90.4 Å². The number of imide groups is 1. The Labute approximate surface area is 930 Å². The van der Waals surface area contributed by atoms with Crippen molar-refractivity contribution < 1.29 is 118 Å². The van der Waals surface area contributed by atoms with Gasteiger partial charge in [-0.1, -0.05) is 223 Å². The van der Waals surface area contributed by atoms with Crippen molar-refractivity contribution in [2.45, 2.75) is 168 Å². The maximum absolute atomic E-state index is 12.2. The summed E-state index contributed by atoms with van der Waals surface area (Å²) in [5.41, 5.74) is 42.3. The number of nitrogens with zero attached hydrogens (tertiary/aromatic N) is 8. The third-order valence-electron chi connectivity index (χ3n) is 26.2. The zero-order valence-corrected chi connectivity index (χ0v) is 91.9. The molecule has 5 amide bonds. The molecule has 4 radical (unpaired) electrons. The summed E-state index contributed by atoms with van der Waals surface area (Å²) < 4.78 is 32.2. The van der Waals surface area contributed by atoms with Gasteiger partial charge < -0.3 is 68.9 Å². The molecule has 4 spiro atoms. The number of benzene rings is 9. The minimum absolute atomic E-state index is 0. The van der Waals surface area contributed by atoms with Crippen LogP contribution in [0.2, 0.25) is 0 Å². The van der Waals surface area contributed by atoms with E-state index in [-0.39, 0.29) is 117 Å². The predicted molar refractivity (Wildman–Crippen MR) is 570 cm³/mol. The first-order chi connectivity index (χ1) is 67.5. The number of nitrogens with two attached hydrogens (primary N) is 4.